The Morgan fingerprint density at radius 3 is 2.43 bits per heavy atom. The first-order valence-corrected chi connectivity index (χ1v) is 9.04. The Morgan fingerprint density at radius 1 is 1.18 bits per heavy atom. The van der Waals surface area contributed by atoms with Gasteiger partial charge in [0.15, 0.2) is 12.4 Å². The Bertz CT molecular complexity index is 846. The van der Waals surface area contributed by atoms with E-state index in [9.17, 15) is 19.7 Å². The predicted molar refractivity (Wildman–Crippen MR) is 106 cm³/mol. The Labute approximate surface area is 163 Å². The molecule has 0 aromatic heterocycles. The van der Waals surface area contributed by atoms with Gasteiger partial charge in [0.1, 0.15) is 6.29 Å². The summed E-state index contributed by atoms with van der Waals surface area (Å²) in [5, 5.41) is 13.9. The molecule has 0 unspecified atom stereocenters. The third kappa shape index (κ3) is 5.90. The van der Waals surface area contributed by atoms with Crippen molar-refractivity contribution in [3.8, 4) is 5.75 Å². The number of nitro benzene ring substituents is 1. The molecule has 1 N–H and O–H groups in total. The van der Waals surface area contributed by atoms with Gasteiger partial charge in [0.2, 0.25) is 0 Å². The summed E-state index contributed by atoms with van der Waals surface area (Å²) in [6, 6.07) is 11.6. The quantitative estimate of drug-likeness (QED) is 0.402. The molecule has 7 nitrogen and oxygen atoms in total. The molecule has 1 amide bonds. The summed E-state index contributed by atoms with van der Waals surface area (Å²) in [6.45, 7) is 5.81. The van der Waals surface area contributed by atoms with Crippen LogP contribution in [0.3, 0.4) is 0 Å². The molecule has 2 aromatic carbocycles. The molecule has 0 aliphatic heterocycles. The first kappa shape index (κ1) is 21.1. The molecular formula is C21H24N2O5. The van der Waals surface area contributed by atoms with Crippen LogP contribution in [0.15, 0.2) is 42.5 Å². The summed E-state index contributed by atoms with van der Waals surface area (Å²) in [4.78, 5) is 33.4. The normalized spacial score (nSPS) is 11.7. The molecule has 148 valence electrons. The average Bonchev–Trinajstić information content (AvgIpc) is 2.66. The molecular weight excluding hydrogens is 360 g/mol. The second kappa shape index (κ2) is 9.64. The summed E-state index contributed by atoms with van der Waals surface area (Å²) >= 11 is 0. The van der Waals surface area contributed by atoms with Crippen LogP contribution in [0.1, 0.15) is 48.3 Å². The van der Waals surface area contributed by atoms with Gasteiger partial charge in [-0.1, -0.05) is 38.1 Å². The number of nitrogens with one attached hydrogen (secondary N) is 1. The number of nitrogens with zero attached hydrogens (tertiary/aromatic N) is 1. The van der Waals surface area contributed by atoms with Crippen molar-refractivity contribution in [1.82, 2.24) is 5.32 Å². The summed E-state index contributed by atoms with van der Waals surface area (Å²) in [7, 11) is 0. The third-order valence-electron chi connectivity index (χ3n) is 4.18. The number of hydrogen-bond acceptors (Lipinski definition) is 5. The number of amides is 1. The lowest BCUT2D eigenvalue weighted by Crippen LogP contribution is -2.31. The van der Waals surface area contributed by atoms with Gasteiger partial charge >= 0.3 is 5.69 Å². The molecule has 0 saturated carbocycles. The van der Waals surface area contributed by atoms with E-state index in [1.54, 1.807) is 0 Å². The number of carbonyl (C=O) groups is 2. The van der Waals surface area contributed by atoms with E-state index in [4.69, 9.17) is 4.74 Å². The fourth-order valence-corrected chi connectivity index (χ4v) is 2.80. The molecule has 0 fully saturated rings. The van der Waals surface area contributed by atoms with E-state index in [1.165, 1.54) is 17.7 Å². The molecule has 1 atom stereocenters. The molecule has 7 heteroatoms. The maximum atomic E-state index is 12.2. The molecule has 0 saturated heterocycles. The highest BCUT2D eigenvalue weighted by Gasteiger charge is 2.18. The number of rotatable bonds is 9. The van der Waals surface area contributed by atoms with Crippen molar-refractivity contribution in [2.24, 2.45) is 5.92 Å². The minimum absolute atomic E-state index is 0.0589. The predicted octanol–water partition coefficient (Wildman–Crippen LogP) is 3.86. The molecule has 0 spiro atoms. The van der Waals surface area contributed by atoms with Gasteiger partial charge in [0, 0.05) is 11.6 Å². The Balaban J connectivity index is 1.95. The zero-order valence-corrected chi connectivity index (χ0v) is 16.2. The number of carbonyl (C=O) groups excluding carboxylic acids is 2. The lowest BCUT2D eigenvalue weighted by Gasteiger charge is -2.15. The molecule has 2 rings (SSSR count). The zero-order chi connectivity index (χ0) is 20.7. The summed E-state index contributed by atoms with van der Waals surface area (Å²) in [5.41, 5.74) is 2.01. The summed E-state index contributed by atoms with van der Waals surface area (Å²) < 4.78 is 5.29. The number of nitro groups is 1. The van der Waals surface area contributed by atoms with E-state index in [1.807, 2.05) is 31.2 Å². The van der Waals surface area contributed by atoms with Gasteiger partial charge in [0.05, 0.1) is 11.0 Å². The number of benzene rings is 2. The first-order valence-electron chi connectivity index (χ1n) is 9.04. The smallest absolute Gasteiger partial charge is 0.311 e. The van der Waals surface area contributed by atoms with Gasteiger partial charge in [-0.3, -0.25) is 19.7 Å². The van der Waals surface area contributed by atoms with Crippen molar-refractivity contribution >= 4 is 17.9 Å². The second-order valence-electron chi connectivity index (χ2n) is 7.02. The first-order chi connectivity index (χ1) is 13.3. The van der Waals surface area contributed by atoms with Crippen LogP contribution in [0, 0.1) is 16.0 Å². The van der Waals surface area contributed by atoms with Gasteiger partial charge in [-0.05, 0) is 42.5 Å². The lowest BCUT2D eigenvalue weighted by molar-refractivity contribution is -0.385. The van der Waals surface area contributed by atoms with Crippen molar-refractivity contribution in [2.75, 3.05) is 6.61 Å². The molecule has 0 radical (unpaired) electrons. The minimum Gasteiger partial charge on any atom is -0.477 e. The molecule has 0 heterocycles. The number of hydrogen-bond donors (Lipinski definition) is 1. The molecule has 0 bridgehead atoms. The SMILES string of the molecule is CC(C)Cc1ccc([C@@H](C)NC(=O)COc2ccc(C=O)cc2[N+](=O)[O-])cc1. The van der Waals surface area contributed by atoms with Crippen LogP contribution in [-0.4, -0.2) is 23.7 Å². The van der Waals surface area contributed by atoms with Crippen molar-refractivity contribution in [3.63, 3.8) is 0 Å². The van der Waals surface area contributed by atoms with Crippen LogP contribution in [0.4, 0.5) is 5.69 Å². The molecule has 2 aromatic rings. The fourth-order valence-electron chi connectivity index (χ4n) is 2.80. The van der Waals surface area contributed by atoms with Crippen LogP contribution in [0.2, 0.25) is 0 Å². The van der Waals surface area contributed by atoms with E-state index in [0.29, 0.717) is 12.2 Å². The van der Waals surface area contributed by atoms with E-state index >= 15 is 0 Å². The Hall–Kier alpha value is -3.22. The van der Waals surface area contributed by atoms with Gasteiger partial charge in [-0.2, -0.15) is 0 Å². The van der Waals surface area contributed by atoms with Crippen LogP contribution in [0.25, 0.3) is 0 Å². The average molecular weight is 384 g/mol. The van der Waals surface area contributed by atoms with Crippen molar-refractivity contribution in [2.45, 2.75) is 33.2 Å². The third-order valence-corrected chi connectivity index (χ3v) is 4.18. The van der Waals surface area contributed by atoms with Gasteiger partial charge in [-0.15, -0.1) is 0 Å². The van der Waals surface area contributed by atoms with Gasteiger partial charge in [-0.25, -0.2) is 0 Å². The minimum atomic E-state index is -0.651. The maximum Gasteiger partial charge on any atom is 0.311 e. The second-order valence-corrected chi connectivity index (χ2v) is 7.02. The largest absolute Gasteiger partial charge is 0.477 e. The van der Waals surface area contributed by atoms with Crippen molar-refractivity contribution in [3.05, 3.63) is 69.3 Å². The topological polar surface area (TPSA) is 98.5 Å². The summed E-state index contributed by atoms with van der Waals surface area (Å²) in [5.74, 6) is 0.119. The van der Waals surface area contributed by atoms with Crippen LogP contribution >= 0.6 is 0 Å². The molecule has 0 aliphatic carbocycles. The summed E-state index contributed by atoms with van der Waals surface area (Å²) in [6.07, 6.45) is 1.51. The van der Waals surface area contributed by atoms with Gasteiger partial charge < -0.3 is 10.1 Å². The van der Waals surface area contributed by atoms with Crippen LogP contribution in [-0.2, 0) is 11.2 Å². The Kier molecular flexibility index (Phi) is 7.26. The molecule has 28 heavy (non-hydrogen) atoms. The van der Waals surface area contributed by atoms with Crippen molar-refractivity contribution in [1.29, 1.82) is 0 Å². The highest BCUT2D eigenvalue weighted by molar-refractivity contribution is 5.79. The molecule has 0 aliphatic rings. The zero-order valence-electron chi connectivity index (χ0n) is 16.2. The number of ether oxygens (including phenoxy) is 1. The van der Waals surface area contributed by atoms with E-state index in [0.717, 1.165) is 18.1 Å². The number of aldehydes is 1. The van der Waals surface area contributed by atoms with Crippen molar-refractivity contribution < 1.29 is 19.2 Å². The van der Waals surface area contributed by atoms with Gasteiger partial charge in [0.25, 0.3) is 5.91 Å². The highest BCUT2D eigenvalue weighted by Crippen LogP contribution is 2.27. The van der Waals surface area contributed by atoms with Crippen LogP contribution < -0.4 is 10.1 Å². The van der Waals surface area contributed by atoms with Crippen LogP contribution in [0.5, 0.6) is 5.75 Å². The van der Waals surface area contributed by atoms with E-state index < -0.39 is 10.8 Å². The fraction of sp³-hybridized carbons (Fsp3) is 0.333. The van der Waals surface area contributed by atoms with E-state index in [2.05, 4.69) is 19.2 Å². The highest BCUT2D eigenvalue weighted by atomic mass is 16.6. The standard InChI is InChI=1S/C21H24N2O5/c1-14(2)10-16-4-7-18(8-5-16)15(3)22-21(25)13-28-20-9-6-17(12-24)11-19(20)23(26)27/h4-9,11-12,14-15H,10,13H2,1-3H3,(H,22,25)/t15-/m1/s1. The monoisotopic (exact) mass is 384 g/mol. The lowest BCUT2D eigenvalue weighted by atomic mass is 10.00. The van der Waals surface area contributed by atoms with E-state index in [-0.39, 0.29) is 29.6 Å². The Morgan fingerprint density at radius 2 is 1.86 bits per heavy atom. The maximum absolute atomic E-state index is 12.2.